The Kier molecular flexibility index (Phi) is 5.86. The molecule has 0 saturated carbocycles. The van der Waals surface area contributed by atoms with Crippen LogP contribution in [0.4, 0.5) is 9.18 Å². The molecule has 24 heavy (non-hydrogen) atoms. The van der Waals surface area contributed by atoms with Crippen LogP contribution in [0, 0.1) is 17.2 Å². The molecule has 0 spiro atoms. The predicted octanol–water partition coefficient (Wildman–Crippen LogP) is 3.72. The van der Waals surface area contributed by atoms with Crippen LogP contribution in [0.25, 0.3) is 0 Å². The van der Waals surface area contributed by atoms with E-state index in [1.165, 1.54) is 12.1 Å². The molecule has 3 atom stereocenters. The van der Waals surface area contributed by atoms with Crippen LogP contribution in [0.3, 0.4) is 0 Å². The van der Waals surface area contributed by atoms with Gasteiger partial charge in [0.1, 0.15) is 5.82 Å². The van der Waals surface area contributed by atoms with Gasteiger partial charge >= 0.3 is 6.03 Å². The molecule has 0 aromatic heterocycles. The summed E-state index contributed by atoms with van der Waals surface area (Å²) in [7, 11) is 0. The van der Waals surface area contributed by atoms with Gasteiger partial charge in [0.15, 0.2) is 0 Å². The van der Waals surface area contributed by atoms with E-state index in [0.29, 0.717) is 13.1 Å². The summed E-state index contributed by atoms with van der Waals surface area (Å²) in [5.41, 5.74) is 0.689. The highest BCUT2D eigenvalue weighted by Gasteiger charge is 2.32. The fraction of sp³-hybridized carbons (Fsp3) is 0.632. The van der Waals surface area contributed by atoms with Crippen molar-refractivity contribution in [2.24, 2.45) is 11.3 Å². The second-order valence-electron chi connectivity index (χ2n) is 7.89. The number of rotatable bonds is 3. The first-order valence-corrected chi connectivity index (χ1v) is 8.67. The van der Waals surface area contributed by atoms with E-state index in [9.17, 15) is 14.3 Å². The standard InChI is InChI=1S/C19H29FN2O2/c1-13(23)15-6-5-11-22(12-15)18(24)21-17(19(2,3)4)14-7-9-16(20)10-8-14/h7-10,13,15,17,23H,5-6,11-12H2,1-4H3,(H,21,24). The van der Waals surface area contributed by atoms with Gasteiger partial charge in [0.05, 0.1) is 12.1 Å². The van der Waals surface area contributed by atoms with Gasteiger partial charge in [0.25, 0.3) is 0 Å². The molecule has 3 unspecified atom stereocenters. The Bertz CT molecular complexity index is 551. The molecular formula is C19H29FN2O2. The van der Waals surface area contributed by atoms with Gasteiger partial charge in [-0.3, -0.25) is 0 Å². The average molecular weight is 336 g/mol. The highest BCUT2D eigenvalue weighted by molar-refractivity contribution is 5.75. The van der Waals surface area contributed by atoms with Crippen molar-refractivity contribution < 1.29 is 14.3 Å². The lowest BCUT2D eigenvalue weighted by Crippen LogP contribution is -2.49. The number of nitrogens with zero attached hydrogens (tertiary/aromatic N) is 1. The Morgan fingerprint density at radius 2 is 1.96 bits per heavy atom. The molecule has 2 amide bonds. The molecule has 1 aromatic carbocycles. The summed E-state index contributed by atoms with van der Waals surface area (Å²) < 4.78 is 13.2. The monoisotopic (exact) mass is 336 g/mol. The van der Waals surface area contributed by atoms with Gasteiger partial charge in [-0.2, -0.15) is 0 Å². The first-order valence-electron chi connectivity index (χ1n) is 8.67. The Labute approximate surface area is 144 Å². The fourth-order valence-electron chi connectivity index (χ4n) is 3.26. The van der Waals surface area contributed by atoms with E-state index >= 15 is 0 Å². The van der Waals surface area contributed by atoms with Crippen molar-refractivity contribution in [2.75, 3.05) is 13.1 Å². The number of benzene rings is 1. The molecule has 1 fully saturated rings. The lowest BCUT2D eigenvalue weighted by Gasteiger charge is -2.38. The van der Waals surface area contributed by atoms with Gasteiger partial charge in [-0.15, -0.1) is 0 Å². The van der Waals surface area contributed by atoms with Crippen LogP contribution in [-0.2, 0) is 0 Å². The maximum absolute atomic E-state index is 13.2. The summed E-state index contributed by atoms with van der Waals surface area (Å²) in [6.45, 7) is 9.21. The third-order valence-corrected chi connectivity index (χ3v) is 4.76. The third kappa shape index (κ3) is 4.69. The van der Waals surface area contributed by atoms with Gasteiger partial charge in [-0.1, -0.05) is 32.9 Å². The van der Waals surface area contributed by atoms with Crippen LogP contribution in [0.5, 0.6) is 0 Å². The fourth-order valence-corrected chi connectivity index (χ4v) is 3.26. The summed E-state index contributed by atoms with van der Waals surface area (Å²) in [6.07, 6.45) is 1.44. The molecule has 1 heterocycles. The van der Waals surface area contributed by atoms with E-state index in [0.717, 1.165) is 18.4 Å². The molecule has 134 valence electrons. The van der Waals surface area contributed by atoms with E-state index in [-0.39, 0.29) is 29.2 Å². The number of nitrogens with one attached hydrogen (secondary N) is 1. The molecule has 0 bridgehead atoms. The second-order valence-corrected chi connectivity index (χ2v) is 7.89. The third-order valence-electron chi connectivity index (χ3n) is 4.76. The topological polar surface area (TPSA) is 52.6 Å². The van der Waals surface area contributed by atoms with Gasteiger partial charge < -0.3 is 15.3 Å². The number of aliphatic hydroxyl groups is 1. The SMILES string of the molecule is CC(O)C1CCCN(C(=O)NC(c2ccc(F)cc2)C(C)(C)C)C1. The van der Waals surface area contributed by atoms with Crippen LogP contribution in [-0.4, -0.2) is 35.2 Å². The molecule has 1 aromatic rings. The van der Waals surface area contributed by atoms with Crippen molar-refractivity contribution in [2.45, 2.75) is 52.7 Å². The minimum absolute atomic E-state index is 0.121. The highest BCUT2D eigenvalue weighted by Crippen LogP contribution is 2.33. The number of carbonyl (C=O) groups excluding carboxylic acids is 1. The Balaban J connectivity index is 2.11. The summed E-state index contributed by atoms with van der Waals surface area (Å²) in [5.74, 6) is -0.156. The quantitative estimate of drug-likeness (QED) is 0.884. The zero-order chi connectivity index (χ0) is 17.9. The van der Waals surface area contributed by atoms with Crippen LogP contribution >= 0.6 is 0 Å². The van der Waals surface area contributed by atoms with Crippen molar-refractivity contribution in [3.05, 3.63) is 35.6 Å². The normalized spacial score (nSPS) is 21.2. The number of hydrogen-bond acceptors (Lipinski definition) is 2. The van der Waals surface area contributed by atoms with E-state index in [1.807, 2.05) is 0 Å². The molecule has 0 aliphatic carbocycles. The van der Waals surface area contributed by atoms with E-state index in [4.69, 9.17) is 0 Å². The van der Waals surface area contributed by atoms with Gasteiger partial charge in [0.2, 0.25) is 0 Å². The highest BCUT2D eigenvalue weighted by atomic mass is 19.1. The number of aliphatic hydroxyl groups excluding tert-OH is 1. The van der Waals surface area contributed by atoms with E-state index in [2.05, 4.69) is 26.1 Å². The van der Waals surface area contributed by atoms with Gasteiger partial charge in [-0.05, 0) is 42.9 Å². The largest absolute Gasteiger partial charge is 0.393 e. The van der Waals surface area contributed by atoms with Crippen molar-refractivity contribution in [1.82, 2.24) is 10.2 Å². The molecule has 2 N–H and O–H groups in total. The molecule has 1 aliphatic heterocycles. The Morgan fingerprint density at radius 1 is 1.33 bits per heavy atom. The minimum Gasteiger partial charge on any atom is -0.393 e. The first-order chi connectivity index (χ1) is 11.2. The number of urea groups is 1. The number of halogens is 1. The second kappa shape index (κ2) is 7.51. The molecule has 1 aliphatic rings. The first kappa shape index (κ1) is 18.7. The number of hydrogen-bond donors (Lipinski definition) is 2. The zero-order valence-corrected chi connectivity index (χ0v) is 15.1. The Morgan fingerprint density at radius 3 is 2.50 bits per heavy atom. The van der Waals surface area contributed by atoms with E-state index in [1.54, 1.807) is 24.0 Å². The predicted molar refractivity (Wildman–Crippen MR) is 93.1 cm³/mol. The average Bonchev–Trinajstić information content (AvgIpc) is 2.52. The number of carbonyl (C=O) groups is 1. The molecule has 2 rings (SSSR count). The lowest BCUT2D eigenvalue weighted by atomic mass is 9.82. The molecule has 0 radical (unpaired) electrons. The van der Waals surface area contributed by atoms with Crippen molar-refractivity contribution in [1.29, 1.82) is 0 Å². The molecular weight excluding hydrogens is 307 g/mol. The van der Waals surface area contributed by atoms with Gasteiger partial charge in [-0.25, -0.2) is 9.18 Å². The van der Waals surface area contributed by atoms with Crippen molar-refractivity contribution >= 4 is 6.03 Å². The summed E-state index contributed by atoms with van der Waals surface area (Å²) in [6, 6.07) is 5.96. The van der Waals surface area contributed by atoms with Gasteiger partial charge in [0, 0.05) is 19.0 Å². The smallest absolute Gasteiger partial charge is 0.317 e. The number of likely N-dealkylation sites (tertiary alicyclic amines) is 1. The van der Waals surface area contributed by atoms with Crippen LogP contribution in [0.2, 0.25) is 0 Å². The maximum Gasteiger partial charge on any atom is 0.317 e. The zero-order valence-electron chi connectivity index (χ0n) is 15.1. The summed E-state index contributed by atoms with van der Waals surface area (Å²) >= 11 is 0. The van der Waals surface area contributed by atoms with E-state index < -0.39 is 6.10 Å². The van der Waals surface area contributed by atoms with Crippen LogP contribution < -0.4 is 5.32 Å². The van der Waals surface area contributed by atoms with Crippen molar-refractivity contribution in [3.8, 4) is 0 Å². The number of amides is 2. The molecule has 1 saturated heterocycles. The minimum atomic E-state index is -0.406. The molecule has 5 heteroatoms. The molecule has 4 nitrogen and oxygen atoms in total. The summed E-state index contributed by atoms with van der Waals surface area (Å²) in [4.78, 5) is 14.5. The lowest BCUT2D eigenvalue weighted by molar-refractivity contribution is 0.0720. The number of piperidine rings is 1. The van der Waals surface area contributed by atoms with Crippen molar-refractivity contribution in [3.63, 3.8) is 0 Å². The maximum atomic E-state index is 13.2. The van der Waals surface area contributed by atoms with Crippen LogP contribution in [0.1, 0.15) is 52.1 Å². The summed E-state index contributed by atoms with van der Waals surface area (Å²) in [5, 5.41) is 12.9. The van der Waals surface area contributed by atoms with Crippen LogP contribution in [0.15, 0.2) is 24.3 Å². The Hall–Kier alpha value is -1.62.